The van der Waals surface area contributed by atoms with Crippen LogP contribution in [0.5, 0.6) is 0 Å². The normalized spacial score (nSPS) is 11.8. The van der Waals surface area contributed by atoms with Gasteiger partial charge in [-0.25, -0.2) is 0 Å². The van der Waals surface area contributed by atoms with Gasteiger partial charge in [-0.2, -0.15) is 8.42 Å². The average Bonchev–Trinajstić information content (AvgIpc) is 3.33. The van der Waals surface area contributed by atoms with Gasteiger partial charge in [-0.3, -0.25) is 14.3 Å². The molecule has 0 amide bonds. The van der Waals surface area contributed by atoms with Crippen molar-refractivity contribution >= 4 is 44.0 Å². The van der Waals surface area contributed by atoms with Gasteiger partial charge in [0, 0.05) is 37.8 Å². The van der Waals surface area contributed by atoms with Crippen LogP contribution in [0, 0.1) is 13.8 Å². The first-order chi connectivity index (χ1) is 19.0. The second-order valence-corrected chi connectivity index (χ2v) is 13.0. The summed E-state index contributed by atoms with van der Waals surface area (Å²) in [5.41, 5.74) is 6.64. The van der Waals surface area contributed by atoms with Gasteiger partial charge in [-0.15, -0.1) is 11.3 Å². The molecule has 5 rings (SSSR count). The molecule has 0 radical (unpaired) electrons. The Kier molecular flexibility index (Phi) is 7.72. The molecule has 0 fully saturated rings. The maximum atomic E-state index is 14.2. The number of benzene rings is 2. The number of hydrogen-bond acceptors (Lipinski definition) is 5. The van der Waals surface area contributed by atoms with E-state index in [-0.39, 0.29) is 16.3 Å². The monoisotopic (exact) mass is 592 g/mol. The third-order valence-corrected chi connectivity index (χ3v) is 9.83. The Hall–Kier alpha value is -3.30. The van der Waals surface area contributed by atoms with E-state index in [1.165, 1.54) is 0 Å². The molecule has 3 heterocycles. The van der Waals surface area contributed by atoms with E-state index in [9.17, 15) is 17.8 Å². The quantitative estimate of drug-likeness (QED) is 0.198. The van der Waals surface area contributed by atoms with Crippen molar-refractivity contribution in [3.63, 3.8) is 0 Å². The van der Waals surface area contributed by atoms with E-state index in [4.69, 9.17) is 16.6 Å². The first kappa shape index (κ1) is 28.2. The predicted molar refractivity (Wildman–Crippen MR) is 163 cm³/mol. The van der Waals surface area contributed by atoms with Crippen molar-refractivity contribution in [1.82, 2.24) is 9.55 Å². The molecule has 206 valence electrons. The van der Waals surface area contributed by atoms with Gasteiger partial charge in [0.1, 0.15) is 0 Å². The van der Waals surface area contributed by atoms with Gasteiger partial charge in [-0.05, 0) is 61.6 Å². The lowest BCUT2D eigenvalue weighted by Crippen LogP contribution is -2.25. The molecule has 0 saturated carbocycles. The van der Waals surface area contributed by atoms with Crippen molar-refractivity contribution in [1.29, 1.82) is 0 Å². The highest BCUT2D eigenvalue weighted by Crippen LogP contribution is 2.39. The number of aryl methyl sites for hydroxylation is 4. The zero-order chi connectivity index (χ0) is 28.8. The molecule has 40 heavy (non-hydrogen) atoms. The molecule has 0 saturated heterocycles. The van der Waals surface area contributed by atoms with Crippen LogP contribution in [0.1, 0.15) is 41.2 Å². The summed E-state index contributed by atoms with van der Waals surface area (Å²) in [6.07, 6.45) is 1.47. The Balaban J connectivity index is 1.72. The highest BCUT2D eigenvalue weighted by atomic mass is 35.5. The topological polar surface area (TPSA) is 89.3 Å². The minimum atomic E-state index is -4.41. The third kappa shape index (κ3) is 5.12. The van der Waals surface area contributed by atoms with Gasteiger partial charge in [0.2, 0.25) is 0 Å². The minimum absolute atomic E-state index is 0.103. The molecule has 0 atom stereocenters. The van der Waals surface area contributed by atoms with Crippen molar-refractivity contribution in [2.75, 3.05) is 0 Å². The molecule has 0 aliphatic heterocycles. The average molecular weight is 593 g/mol. The van der Waals surface area contributed by atoms with E-state index in [1.807, 2.05) is 56.3 Å². The van der Waals surface area contributed by atoms with Crippen molar-refractivity contribution in [3.8, 4) is 22.3 Å². The lowest BCUT2D eigenvalue weighted by molar-refractivity contribution is 0.486. The summed E-state index contributed by atoms with van der Waals surface area (Å²) in [5.74, 6) is 0. The largest absolute Gasteiger partial charge is 0.304 e. The molecule has 9 heteroatoms. The SMILES string of the molecule is CCc1cc2c(c(CC)n1)c(C)c(-c1ccccc1)c(=O)n2Cc1ccc(-c2cc(C)sc2S(=O)(=O)O)c(Cl)c1. The van der Waals surface area contributed by atoms with Crippen LogP contribution in [-0.2, 0) is 29.5 Å². The maximum absolute atomic E-state index is 14.2. The molecule has 0 unspecified atom stereocenters. The fraction of sp³-hybridized carbons (Fsp3) is 0.226. The number of pyridine rings is 2. The molecule has 0 bridgehead atoms. The first-order valence-corrected chi connectivity index (χ1v) is 15.6. The van der Waals surface area contributed by atoms with Gasteiger partial charge in [0.15, 0.2) is 4.21 Å². The van der Waals surface area contributed by atoms with Gasteiger partial charge >= 0.3 is 10.1 Å². The summed E-state index contributed by atoms with van der Waals surface area (Å²) in [6.45, 7) is 8.15. The number of nitrogens with zero attached hydrogens (tertiary/aromatic N) is 2. The summed E-state index contributed by atoms with van der Waals surface area (Å²) in [6, 6.07) is 18.7. The first-order valence-electron chi connectivity index (χ1n) is 13.0. The van der Waals surface area contributed by atoms with Gasteiger partial charge in [0.05, 0.1) is 17.6 Å². The molecular formula is C31H29ClN2O4S2. The fourth-order valence-electron chi connectivity index (χ4n) is 5.26. The molecule has 0 aliphatic rings. The highest BCUT2D eigenvalue weighted by Gasteiger charge is 2.23. The number of rotatable bonds is 7. The molecule has 1 N–H and O–H groups in total. The second kappa shape index (κ2) is 10.9. The zero-order valence-corrected chi connectivity index (χ0v) is 25.0. The van der Waals surface area contributed by atoms with Crippen LogP contribution in [0.4, 0.5) is 0 Å². The number of aromatic nitrogens is 2. The number of fused-ring (bicyclic) bond motifs is 1. The van der Waals surface area contributed by atoms with E-state index in [0.717, 1.165) is 68.0 Å². The van der Waals surface area contributed by atoms with E-state index in [0.29, 0.717) is 21.7 Å². The Morgan fingerprint density at radius 2 is 1.70 bits per heavy atom. The molecule has 6 nitrogen and oxygen atoms in total. The van der Waals surface area contributed by atoms with Gasteiger partial charge < -0.3 is 4.57 Å². The molecule has 2 aromatic carbocycles. The molecule has 3 aromatic heterocycles. The van der Waals surface area contributed by atoms with Crippen LogP contribution in [0.25, 0.3) is 33.2 Å². The highest BCUT2D eigenvalue weighted by molar-refractivity contribution is 7.88. The van der Waals surface area contributed by atoms with Gasteiger partial charge in [0.25, 0.3) is 5.56 Å². The second-order valence-electron chi connectivity index (χ2n) is 9.77. The summed E-state index contributed by atoms with van der Waals surface area (Å²) in [4.78, 5) is 19.8. The van der Waals surface area contributed by atoms with Crippen LogP contribution in [0.2, 0.25) is 5.02 Å². The van der Waals surface area contributed by atoms with E-state index >= 15 is 0 Å². The molecule has 0 aliphatic carbocycles. The molecular weight excluding hydrogens is 564 g/mol. The Bertz CT molecular complexity index is 1930. The fourth-order valence-corrected chi connectivity index (χ4v) is 7.57. The zero-order valence-electron chi connectivity index (χ0n) is 22.7. The smallest absolute Gasteiger partial charge is 0.303 e. The van der Waals surface area contributed by atoms with Crippen molar-refractivity contribution in [3.05, 3.63) is 103 Å². The van der Waals surface area contributed by atoms with Crippen molar-refractivity contribution < 1.29 is 13.0 Å². The summed E-state index contributed by atoms with van der Waals surface area (Å²) in [7, 11) is -4.41. The number of hydrogen-bond donors (Lipinski definition) is 1. The Morgan fingerprint density at radius 3 is 2.33 bits per heavy atom. The lowest BCUT2D eigenvalue weighted by atomic mass is 9.96. The van der Waals surface area contributed by atoms with E-state index in [2.05, 4.69) is 6.92 Å². The summed E-state index contributed by atoms with van der Waals surface area (Å²) >= 11 is 7.69. The molecule has 0 spiro atoms. The Morgan fingerprint density at radius 1 is 0.975 bits per heavy atom. The predicted octanol–water partition coefficient (Wildman–Crippen LogP) is 7.48. The third-order valence-electron chi connectivity index (χ3n) is 7.11. The van der Waals surface area contributed by atoms with Crippen molar-refractivity contribution in [2.45, 2.75) is 51.3 Å². The number of halogens is 1. The lowest BCUT2D eigenvalue weighted by Gasteiger charge is -2.19. The van der Waals surface area contributed by atoms with E-state index in [1.54, 1.807) is 29.7 Å². The Labute approximate surface area is 242 Å². The molecule has 5 aromatic rings. The standard InChI is InChI=1S/C31H29ClN2O4S2/c1-5-22-16-27-29(26(6-2)33-22)19(4)28(21-10-8-7-9-11-21)30(35)34(27)17-20-12-13-23(25(32)15-20)24-14-18(3)39-31(24)40(36,37)38/h7-16H,5-6,17H2,1-4H3,(H,36,37,38). The van der Waals surface area contributed by atoms with Crippen LogP contribution < -0.4 is 5.56 Å². The van der Waals surface area contributed by atoms with Crippen LogP contribution >= 0.6 is 22.9 Å². The summed E-state index contributed by atoms with van der Waals surface area (Å²) < 4.78 is 35.4. The number of thiophene rings is 1. The summed E-state index contributed by atoms with van der Waals surface area (Å²) in [5, 5.41) is 1.31. The minimum Gasteiger partial charge on any atom is -0.303 e. The van der Waals surface area contributed by atoms with Crippen molar-refractivity contribution in [2.24, 2.45) is 0 Å². The van der Waals surface area contributed by atoms with E-state index < -0.39 is 10.1 Å². The van der Waals surface area contributed by atoms with Crippen LogP contribution in [0.15, 0.2) is 69.7 Å². The maximum Gasteiger partial charge on any atom is 0.304 e. The van der Waals surface area contributed by atoms with Crippen LogP contribution in [-0.4, -0.2) is 22.5 Å². The van der Waals surface area contributed by atoms with Crippen LogP contribution in [0.3, 0.4) is 0 Å². The van der Waals surface area contributed by atoms with Gasteiger partial charge in [-0.1, -0.05) is 67.9 Å².